The lowest BCUT2D eigenvalue weighted by Gasteiger charge is -2.33. The SMILES string of the molecule is CCNCC1CCN(c2nc(C)cn2CCCOC)CC1. The molecule has 0 saturated carbocycles. The second-order valence-electron chi connectivity index (χ2n) is 5.96. The predicted octanol–water partition coefficient (Wildman–Crippen LogP) is 2.05. The lowest BCUT2D eigenvalue weighted by Crippen LogP contribution is -2.38. The molecular weight excluding hydrogens is 264 g/mol. The molecule has 0 aromatic carbocycles. The zero-order valence-corrected chi connectivity index (χ0v) is 13.8. The summed E-state index contributed by atoms with van der Waals surface area (Å²) in [6.07, 6.45) is 5.72. The monoisotopic (exact) mass is 294 g/mol. The maximum absolute atomic E-state index is 5.15. The van der Waals surface area contributed by atoms with E-state index in [0.717, 1.165) is 63.3 Å². The summed E-state index contributed by atoms with van der Waals surface area (Å²) in [4.78, 5) is 7.18. The molecule has 5 heteroatoms. The molecule has 0 radical (unpaired) electrons. The highest BCUT2D eigenvalue weighted by Crippen LogP contribution is 2.23. The lowest BCUT2D eigenvalue weighted by atomic mass is 9.97. The van der Waals surface area contributed by atoms with Crippen molar-refractivity contribution in [2.24, 2.45) is 5.92 Å². The summed E-state index contributed by atoms with van der Waals surface area (Å²) < 4.78 is 7.44. The van der Waals surface area contributed by atoms with Crippen molar-refractivity contribution in [1.29, 1.82) is 0 Å². The Bertz CT molecular complexity index is 410. The van der Waals surface area contributed by atoms with Crippen molar-refractivity contribution in [2.75, 3.05) is 44.8 Å². The molecule has 0 atom stereocenters. The molecule has 1 saturated heterocycles. The first-order chi connectivity index (χ1) is 10.2. The van der Waals surface area contributed by atoms with Gasteiger partial charge in [-0.05, 0) is 45.2 Å². The standard InChI is InChI=1S/C16H30N4O/c1-4-17-12-15-6-9-19(10-7-15)16-18-14(2)13-20(16)8-5-11-21-3/h13,15,17H,4-12H2,1-3H3. The van der Waals surface area contributed by atoms with E-state index in [1.54, 1.807) is 7.11 Å². The molecular formula is C16H30N4O. The number of anilines is 1. The van der Waals surface area contributed by atoms with Gasteiger partial charge in [-0.15, -0.1) is 0 Å². The Balaban J connectivity index is 1.90. The van der Waals surface area contributed by atoms with Crippen LogP contribution >= 0.6 is 0 Å². The number of hydrogen-bond donors (Lipinski definition) is 1. The third-order valence-corrected chi connectivity index (χ3v) is 4.20. The quantitative estimate of drug-likeness (QED) is 0.745. The zero-order chi connectivity index (χ0) is 15.1. The van der Waals surface area contributed by atoms with Gasteiger partial charge in [-0.2, -0.15) is 0 Å². The Morgan fingerprint density at radius 3 is 2.81 bits per heavy atom. The number of ether oxygens (including phenoxy) is 1. The largest absolute Gasteiger partial charge is 0.385 e. The lowest BCUT2D eigenvalue weighted by molar-refractivity contribution is 0.190. The topological polar surface area (TPSA) is 42.3 Å². The van der Waals surface area contributed by atoms with Gasteiger partial charge >= 0.3 is 0 Å². The molecule has 2 rings (SSSR count). The van der Waals surface area contributed by atoms with Crippen molar-refractivity contribution in [2.45, 2.75) is 39.7 Å². The fraction of sp³-hybridized carbons (Fsp3) is 0.812. The fourth-order valence-corrected chi connectivity index (χ4v) is 3.02. The van der Waals surface area contributed by atoms with Crippen LogP contribution < -0.4 is 10.2 Å². The van der Waals surface area contributed by atoms with E-state index in [1.165, 1.54) is 12.8 Å². The number of piperidine rings is 1. The third-order valence-electron chi connectivity index (χ3n) is 4.20. The Kier molecular flexibility index (Phi) is 6.51. The van der Waals surface area contributed by atoms with Gasteiger partial charge in [0.25, 0.3) is 0 Å². The van der Waals surface area contributed by atoms with Crippen molar-refractivity contribution >= 4 is 5.95 Å². The van der Waals surface area contributed by atoms with Crippen LogP contribution in [0.25, 0.3) is 0 Å². The highest BCUT2D eigenvalue weighted by atomic mass is 16.5. The fourth-order valence-electron chi connectivity index (χ4n) is 3.02. The first-order valence-corrected chi connectivity index (χ1v) is 8.23. The molecule has 0 amide bonds. The van der Waals surface area contributed by atoms with E-state index in [-0.39, 0.29) is 0 Å². The Labute approximate surface area is 128 Å². The predicted molar refractivity (Wildman–Crippen MR) is 86.9 cm³/mol. The van der Waals surface area contributed by atoms with E-state index in [9.17, 15) is 0 Å². The summed E-state index contributed by atoms with van der Waals surface area (Å²) in [7, 11) is 1.76. The number of rotatable bonds is 8. The molecule has 0 aliphatic carbocycles. The maximum Gasteiger partial charge on any atom is 0.205 e. The summed E-state index contributed by atoms with van der Waals surface area (Å²) in [5.74, 6) is 1.96. The molecule has 21 heavy (non-hydrogen) atoms. The van der Waals surface area contributed by atoms with Crippen LogP contribution in [0.5, 0.6) is 0 Å². The van der Waals surface area contributed by atoms with E-state index in [1.807, 2.05) is 0 Å². The summed E-state index contributed by atoms with van der Waals surface area (Å²) >= 11 is 0. The Morgan fingerprint density at radius 2 is 2.14 bits per heavy atom. The molecule has 1 fully saturated rings. The minimum atomic E-state index is 0.807. The minimum Gasteiger partial charge on any atom is -0.385 e. The number of nitrogens with zero attached hydrogens (tertiary/aromatic N) is 3. The van der Waals surface area contributed by atoms with Crippen molar-refractivity contribution in [3.8, 4) is 0 Å². The van der Waals surface area contributed by atoms with E-state index in [0.29, 0.717) is 0 Å². The van der Waals surface area contributed by atoms with Gasteiger partial charge < -0.3 is 19.5 Å². The molecule has 1 N–H and O–H groups in total. The summed E-state index contributed by atoms with van der Waals surface area (Å²) in [5, 5.41) is 3.47. The molecule has 1 aromatic heterocycles. The summed E-state index contributed by atoms with van der Waals surface area (Å²) in [5.41, 5.74) is 1.11. The van der Waals surface area contributed by atoms with Crippen molar-refractivity contribution in [1.82, 2.24) is 14.9 Å². The second kappa shape index (κ2) is 8.39. The van der Waals surface area contributed by atoms with Gasteiger partial charge in [-0.3, -0.25) is 0 Å². The average molecular weight is 294 g/mol. The third kappa shape index (κ3) is 4.71. The molecule has 0 spiro atoms. The van der Waals surface area contributed by atoms with Crippen molar-refractivity contribution in [3.63, 3.8) is 0 Å². The second-order valence-corrected chi connectivity index (χ2v) is 5.96. The van der Waals surface area contributed by atoms with Crippen LogP contribution in [0.2, 0.25) is 0 Å². The number of hydrogen-bond acceptors (Lipinski definition) is 4. The average Bonchev–Trinajstić information content (AvgIpc) is 2.87. The van der Waals surface area contributed by atoms with Crippen LogP contribution in [-0.2, 0) is 11.3 Å². The molecule has 5 nitrogen and oxygen atoms in total. The van der Waals surface area contributed by atoms with E-state index in [4.69, 9.17) is 9.72 Å². The number of imidazole rings is 1. The van der Waals surface area contributed by atoms with Gasteiger partial charge in [0.1, 0.15) is 0 Å². The highest BCUT2D eigenvalue weighted by Gasteiger charge is 2.22. The molecule has 120 valence electrons. The van der Waals surface area contributed by atoms with Crippen LogP contribution in [0.4, 0.5) is 5.95 Å². The van der Waals surface area contributed by atoms with Crippen LogP contribution in [-0.4, -0.2) is 49.4 Å². The molecule has 1 aromatic rings. The van der Waals surface area contributed by atoms with Crippen molar-refractivity contribution < 1.29 is 4.74 Å². The van der Waals surface area contributed by atoms with Crippen LogP contribution in [0, 0.1) is 12.8 Å². The molecule has 0 unspecified atom stereocenters. The van der Waals surface area contributed by atoms with Gasteiger partial charge in [0.15, 0.2) is 0 Å². The molecule has 1 aliphatic heterocycles. The molecule has 0 bridgehead atoms. The Hall–Kier alpha value is -1.07. The summed E-state index contributed by atoms with van der Waals surface area (Å²) in [6.45, 7) is 10.5. The Morgan fingerprint density at radius 1 is 1.38 bits per heavy atom. The highest BCUT2D eigenvalue weighted by molar-refractivity contribution is 5.34. The van der Waals surface area contributed by atoms with Gasteiger partial charge in [0, 0.05) is 39.5 Å². The van der Waals surface area contributed by atoms with Gasteiger partial charge in [0.05, 0.1) is 5.69 Å². The van der Waals surface area contributed by atoms with Crippen molar-refractivity contribution in [3.05, 3.63) is 11.9 Å². The first-order valence-electron chi connectivity index (χ1n) is 8.23. The van der Waals surface area contributed by atoms with E-state index < -0.39 is 0 Å². The van der Waals surface area contributed by atoms with E-state index >= 15 is 0 Å². The van der Waals surface area contributed by atoms with Gasteiger partial charge in [0.2, 0.25) is 5.95 Å². The number of aromatic nitrogens is 2. The maximum atomic E-state index is 5.15. The number of methoxy groups -OCH3 is 1. The van der Waals surface area contributed by atoms with Crippen LogP contribution in [0.1, 0.15) is 31.9 Å². The zero-order valence-electron chi connectivity index (χ0n) is 13.8. The van der Waals surface area contributed by atoms with Gasteiger partial charge in [-0.25, -0.2) is 4.98 Å². The van der Waals surface area contributed by atoms with Crippen LogP contribution in [0.15, 0.2) is 6.20 Å². The molecule has 1 aliphatic rings. The normalized spacial score (nSPS) is 16.6. The minimum absolute atomic E-state index is 0.807. The smallest absolute Gasteiger partial charge is 0.205 e. The molecule has 2 heterocycles. The van der Waals surface area contributed by atoms with Crippen LogP contribution in [0.3, 0.4) is 0 Å². The summed E-state index contributed by atoms with van der Waals surface area (Å²) in [6, 6.07) is 0. The van der Waals surface area contributed by atoms with Gasteiger partial charge in [-0.1, -0.05) is 6.92 Å². The number of nitrogens with one attached hydrogen (secondary N) is 1. The first kappa shape index (κ1) is 16.3. The van der Waals surface area contributed by atoms with E-state index in [2.05, 4.69) is 34.8 Å². The number of aryl methyl sites for hydroxylation is 2.